The SMILES string of the molecule is COC(=O)Oc1ccsc1NC(=O)[C@@H]1CC[C@@H](C)C[C@@H]1OC(C)=O. The van der Waals surface area contributed by atoms with Crippen molar-refractivity contribution in [3.63, 3.8) is 0 Å². The minimum Gasteiger partial charge on any atom is -0.462 e. The van der Waals surface area contributed by atoms with Crippen molar-refractivity contribution in [2.24, 2.45) is 11.8 Å². The Kier molecular flexibility index (Phi) is 6.19. The fourth-order valence-electron chi connectivity index (χ4n) is 2.78. The molecule has 132 valence electrons. The number of hydrogen-bond acceptors (Lipinski definition) is 7. The molecule has 0 radical (unpaired) electrons. The van der Waals surface area contributed by atoms with Crippen molar-refractivity contribution in [1.29, 1.82) is 0 Å². The minimum atomic E-state index is -0.854. The Morgan fingerprint density at radius 1 is 1.29 bits per heavy atom. The Balaban J connectivity index is 2.06. The third-order valence-corrected chi connectivity index (χ3v) is 4.74. The maximum absolute atomic E-state index is 12.6. The Hall–Kier alpha value is -2.09. The average molecular weight is 355 g/mol. The second-order valence-corrected chi connectivity index (χ2v) is 6.75. The van der Waals surface area contributed by atoms with Crippen LogP contribution in [0.4, 0.5) is 9.80 Å². The van der Waals surface area contributed by atoms with Crippen LogP contribution in [0.15, 0.2) is 11.4 Å². The van der Waals surface area contributed by atoms with Crippen LogP contribution in [0.2, 0.25) is 0 Å². The molecule has 1 N–H and O–H groups in total. The van der Waals surface area contributed by atoms with Gasteiger partial charge in [0.1, 0.15) is 11.1 Å². The summed E-state index contributed by atoms with van der Waals surface area (Å²) >= 11 is 1.24. The first-order valence-corrected chi connectivity index (χ1v) is 8.60. The van der Waals surface area contributed by atoms with Crippen LogP contribution in [0.25, 0.3) is 0 Å². The van der Waals surface area contributed by atoms with Gasteiger partial charge in [0.15, 0.2) is 5.75 Å². The van der Waals surface area contributed by atoms with Gasteiger partial charge in [-0.2, -0.15) is 0 Å². The Bertz CT molecular complexity index is 613. The number of thiophene rings is 1. The molecule has 0 aromatic carbocycles. The highest BCUT2D eigenvalue weighted by Crippen LogP contribution is 2.35. The van der Waals surface area contributed by atoms with E-state index in [1.165, 1.54) is 25.4 Å². The summed E-state index contributed by atoms with van der Waals surface area (Å²) in [7, 11) is 1.21. The minimum absolute atomic E-state index is 0.230. The fourth-order valence-corrected chi connectivity index (χ4v) is 3.49. The van der Waals surface area contributed by atoms with E-state index in [0.29, 0.717) is 23.8 Å². The number of carbonyl (C=O) groups excluding carboxylic acids is 3. The van der Waals surface area contributed by atoms with Crippen LogP contribution in [-0.4, -0.2) is 31.2 Å². The molecule has 7 nitrogen and oxygen atoms in total. The first-order chi connectivity index (χ1) is 11.4. The number of amides is 1. The van der Waals surface area contributed by atoms with E-state index >= 15 is 0 Å². The summed E-state index contributed by atoms with van der Waals surface area (Å²) in [4.78, 5) is 35.1. The predicted octanol–water partition coefficient (Wildman–Crippen LogP) is 3.20. The van der Waals surface area contributed by atoms with Gasteiger partial charge >= 0.3 is 12.1 Å². The number of methoxy groups -OCH3 is 1. The van der Waals surface area contributed by atoms with Gasteiger partial charge in [0.05, 0.1) is 13.0 Å². The molecule has 0 unspecified atom stereocenters. The van der Waals surface area contributed by atoms with Gasteiger partial charge in [-0.15, -0.1) is 11.3 Å². The molecule has 1 aromatic rings. The van der Waals surface area contributed by atoms with E-state index in [0.717, 1.165) is 6.42 Å². The Labute approximate surface area is 144 Å². The van der Waals surface area contributed by atoms with Crippen LogP contribution < -0.4 is 10.1 Å². The fraction of sp³-hybridized carbons (Fsp3) is 0.562. The number of nitrogens with one attached hydrogen (secondary N) is 1. The lowest BCUT2D eigenvalue weighted by atomic mass is 9.80. The molecule has 0 bridgehead atoms. The maximum Gasteiger partial charge on any atom is 0.513 e. The van der Waals surface area contributed by atoms with Gasteiger partial charge in [0.25, 0.3) is 0 Å². The highest BCUT2D eigenvalue weighted by Gasteiger charge is 2.36. The molecule has 3 atom stereocenters. The van der Waals surface area contributed by atoms with Crippen molar-refractivity contribution in [2.75, 3.05) is 12.4 Å². The molecule has 1 saturated carbocycles. The Morgan fingerprint density at radius 3 is 2.71 bits per heavy atom. The molecule has 1 fully saturated rings. The molecule has 0 saturated heterocycles. The van der Waals surface area contributed by atoms with E-state index in [1.807, 2.05) is 0 Å². The lowest BCUT2D eigenvalue weighted by molar-refractivity contribution is -0.153. The van der Waals surface area contributed by atoms with E-state index < -0.39 is 24.1 Å². The normalized spacial score (nSPS) is 23.2. The molecule has 1 aliphatic rings. The van der Waals surface area contributed by atoms with Crippen LogP contribution in [0.1, 0.15) is 33.1 Å². The number of rotatable bonds is 4. The van der Waals surface area contributed by atoms with Crippen LogP contribution in [0.3, 0.4) is 0 Å². The summed E-state index contributed by atoms with van der Waals surface area (Å²) in [6.07, 6.45) is 0.910. The van der Waals surface area contributed by atoms with Crippen molar-refractivity contribution >= 4 is 34.4 Å². The second-order valence-electron chi connectivity index (χ2n) is 5.83. The maximum atomic E-state index is 12.6. The zero-order chi connectivity index (χ0) is 17.7. The summed E-state index contributed by atoms with van der Waals surface area (Å²) in [6, 6.07) is 1.57. The topological polar surface area (TPSA) is 90.9 Å². The van der Waals surface area contributed by atoms with Crippen LogP contribution in [-0.2, 0) is 19.1 Å². The Morgan fingerprint density at radius 2 is 2.04 bits per heavy atom. The van der Waals surface area contributed by atoms with Crippen LogP contribution in [0.5, 0.6) is 5.75 Å². The molecular weight excluding hydrogens is 334 g/mol. The summed E-state index contributed by atoms with van der Waals surface area (Å²) in [6.45, 7) is 3.42. The molecule has 0 spiro atoms. The summed E-state index contributed by atoms with van der Waals surface area (Å²) in [5.41, 5.74) is 0. The zero-order valence-corrected chi connectivity index (χ0v) is 14.7. The highest BCUT2D eigenvalue weighted by atomic mass is 32.1. The molecule has 1 heterocycles. The molecule has 1 aromatic heterocycles. The van der Waals surface area contributed by atoms with Crippen molar-refractivity contribution < 1.29 is 28.6 Å². The van der Waals surface area contributed by atoms with Crippen LogP contribution >= 0.6 is 11.3 Å². The largest absolute Gasteiger partial charge is 0.513 e. The van der Waals surface area contributed by atoms with E-state index in [4.69, 9.17) is 9.47 Å². The van der Waals surface area contributed by atoms with Gasteiger partial charge in [-0.05, 0) is 36.6 Å². The number of esters is 1. The third kappa shape index (κ3) is 4.70. The predicted molar refractivity (Wildman–Crippen MR) is 88.0 cm³/mol. The molecule has 0 aliphatic heterocycles. The number of hydrogen-bond donors (Lipinski definition) is 1. The van der Waals surface area contributed by atoms with Gasteiger partial charge < -0.3 is 19.5 Å². The van der Waals surface area contributed by atoms with Crippen molar-refractivity contribution in [3.8, 4) is 5.75 Å². The first kappa shape index (κ1) is 18.3. The van der Waals surface area contributed by atoms with E-state index in [1.54, 1.807) is 11.4 Å². The van der Waals surface area contributed by atoms with Gasteiger partial charge in [-0.1, -0.05) is 6.92 Å². The van der Waals surface area contributed by atoms with Gasteiger partial charge in [-0.25, -0.2) is 4.79 Å². The van der Waals surface area contributed by atoms with E-state index in [-0.39, 0.29) is 11.7 Å². The quantitative estimate of drug-likeness (QED) is 0.834. The van der Waals surface area contributed by atoms with Gasteiger partial charge in [0, 0.05) is 6.92 Å². The second kappa shape index (κ2) is 8.14. The van der Waals surface area contributed by atoms with Crippen molar-refractivity contribution in [2.45, 2.75) is 39.2 Å². The first-order valence-electron chi connectivity index (χ1n) is 7.72. The van der Waals surface area contributed by atoms with Crippen molar-refractivity contribution in [3.05, 3.63) is 11.4 Å². The standard InChI is InChI=1S/C16H21NO6S/c1-9-4-5-11(13(8-9)22-10(2)18)14(19)17-15-12(6-7-24-15)23-16(20)21-3/h6-7,9,11,13H,4-5,8H2,1-3H3,(H,17,19)/t9-,11-,13+/m1/s1. The third-order valence-electron chi connectivity index (χ3n) is 3.93. The van der Waals surface area contributed by atoms with E-state index in [2.05, 4.69) is 17.0 Å². The average Bonchev–Trinajstić information content (AvgIpc) is 2.93. The number of anilines is 1. The summed E-state index contributed by atoms with van der Waals surface area (Å²) in [5, 5.41) is 4.88. The number of ether oxygens (including phenoxy) is 3. The lowest BCUT2D eigenvalue weighted by Crippen LogP contribution is -2.39. The summed E-state index contributed by atoms with van der Waals surface area (Å²) in [5.74, 6) is -0.423. The molecule has 8 heteroatoms. The number of carbonyl (C=O) groups is 3. The van der Waals surface area contributed by atoms with E-state index in [9.17, 15) is 14.4 Å². The van der Waals surface area contributed by atoms with Crippen molar-refractivity contribution in [1.82, 2.24) is 0 Å². The molecule has 1 aliphatic carbocycles. The van der Waals surface area contributed by atoms with Crippen LogP contribution in [0, 0.1) is 11.8 Å². The molecular formula is C16H21NO6S. The zero-order valence-electron chi connectivity index (χ0n) is 13.9. The van der Waals surface area contributed by atoms with Gasteiger partial charge in [0.2, 0.25) is 5.91 Å². The highest BCUT2D eigenvalue weighted by molar-refractivity contribution is 7.14. The van der Waals surface area contributed by atoms with Gasteiger partial charge in [-0.3, -0.25) is 9.59 Å². The molecule has 2 rings (SSSR count). The summed E-state index contributed by atoms with van der Waals surface area (Å²) < 4.78 is 14.8. The monoisotopic (exact) mass is 355 g/mol. The molecule has 1 amide bonds. The molecule has 24 heavy (non-hydrogen) atoms. The smallest absolute Gasteiger partial charge is 0.462 e. The lowest BCUT2D eigenvalue weighted by Gasteiger charge is -2.33.